The zero-order valence-electron chi connectivity index (χ0n) is 14.4. The molecule has 0 aromatic heterocycles. The predicted octanol–water partition coefficient (Wildman–Crippen LogP) is -1.77. The van der Waals surface area contributed by atoms with Crippen LogP contribution in [0.3, 0.4) is 0 Å². The quantitative estimate of drug-likeness (QED) is 0.225. The fraction of sp³-hybridized carbons (Fsp3) is 0.818. The summed E-state index contributed by atoms with van der Waals surface area (Å²) in [6.07, 6.45) is 5.54. The largest absolute Gasteiger partial charge is 1.00 e. The van der Waals surface area contributed by atoms with Crippen LogP contribution in [-0.2, 0) is 0 Å². The van der Waals surface area contributed by atoms with Gasteiger partial charge in [0, 0.05) is 25.8 Å². The third-order valence-electron chi connectivity index (χ3n) is 3.89. The van der Waals surface area contributed by atoms with Crippen molar-refractivity contribution in [3.63, 3.8) is 0 Å². The molecular weight excluding hydrogens is 258 g/mol. The summed E-state index contributed by atoms with van der Waals surface area (Å²) >= 11 is 0. The number of hydrogen-bond donors (Lipinski definition) is 0. The first kappa shape index (κ1) is 28.5. The van der Waals surface area contributed by atoms with Crippen LogP contribution >= 0.6 is 0 Å². The van der Waals surface area contributed by atoms with Gasteiger partial charge in [-0.05, 0) is 25.7 Å². The van der Waals surface area contributed by atoms with E-state index >= 15 is 0 Å². The SMILES string of the molecule is CN1C=CCC(C)(C)C(C)(C)N1C.[Li+].[Li+].[N-]=[N+]=[N-].[N-]=[N+]=[N-]. The summed E-state index contributed by atoms with van der Waals surface area (Å²) in [5, 5.41) is 4.46. The van der Waals surface area contributed by atoms with Crippen molar-refractivity contribution < 1.29 is 37.7 Å². The second-order valence-electron chi connectivity index (χ2n) is 5.31. The van der Waals surface area contributed by atoms with Gasteiger partial charge < -0.3 is 27.1 Å². The molecule has 0 aliphatic carbocycles. The Morgan fingerprint density at radius 3 is 1.57 bits per heavy atom. The number of hydrogen-bond acceptors (Lipinski definition) is 2. The van der Waals surface area contributed by atoms with Crippen molar-refractivity contribution in [1.29, 1.82) is 0 Å². The number of hydrazine groups is 1. The molecule has 0 saturated heterocycles. The topological polar surface area (TPSA) is 124 Å². The number of rotatable bonds is 0. The van der Waals surface area contributed by atoms with Crippen molar-refractivity contribution in [2.24, 2.45) is 5.41 Å². The standard InChI is InChI=1S/C11H22N2.2Li.2N3/c1-10(2)8-7-9-12(5)13(6)11(10,3)4;;;2*1-3-2/h7,9H,8H2,1-6H3;;;;/q;2*+1;2*-1. The van der Waals surface area contributed by atoms with Gasteiger partial charge in [-0.3, -0.25) is 9.82 Å². The van der Waals surface area contributed by atoms with Gasteiger partial charge in [-0.15, -0.1) is 0 Å². The molecule has 0 bridgehead atoms. The molecule has 1 aliphatic heterocycles. The second kappa shape index (κ2) is 13.0. The van der Waals surface area contributed by atoms with E-state index in [9.17, 15) is 0 Å². The molecule has 0 radical (unpaired) electrons. The maximum Gasteiger partial charge on any atom is 1.00 e. The molecule has 0 spiro atoms. The van der Waals surface area contributed by atoms with Crippen LogP contribution in [0.15, 0.2) is 12.3 Å². The zero-order valence-corrected chi connectivity index (χ0v) is 14.4. The van der Waals surface area contributed by atoms with E-state index in [0.29, 0.717) is 5.41 Å². The molecule has 10 heteroatoms. The Balaban J connectivity index is -0.000000157. The van der Waals surface area contributed by atoms with Crippen LogP contribution in [-0.4, -0.2) is 29.7 Å². The molecule has 21 heavy (non-hydrogen) atoms. The minimum Gasteiger partial charge on any atom is -0.373 e. The molecule has 0 N–H and O–H groups in total. The molecule has 1 aliphatic rings. The van der Waals surface area contributed by atoms with Crippen LogP contribution in [0.25, 0.3) is 31.9 Å². The van der Waals surface area contributed by atoms with Crippen LogP contribution < -0.4 is 37.7 Å². The Morgan fingerprint density at radius 2 is 1.24 bits per heavy atom. The van der Waals surface area contributed by atoms with E-state index in [-0.39, 0.29) is 43.3 Å². The van der Waals surface area contributed by atoms with Gasteiger partial charge in [0.05, 0.1) is 0 Å². The smallest absolute Gasteiger partial charge is 0.373 e. The first-order chi connectivity index (χ1) is 8.62. The van der Waals surface area contributed by atoms with Crippen LogP contribution in [0.2, 0.25) is 0 Å². The molecule has 8 nitrogen and oxygen atoms in total. The van der Waals surface area contributed by atoms with Crippen molar-refractivity contribution in [3.05, 3.63) is 44.2 Å². The second-order valence-corrected chi connectivity index (χ2v) is 5.31. The minimum absolute atomic E-state index is 0. The Labute approximate surface area is 151 Å². The van der Waals surface area contributed by atoms with E-state index in [1.165, 1.54) is 9.82 Å². The molecule has 1 rings (SSSR count). The maximum atomic E-state index is 6.75. The Bertz CT molecular complexity index is 356. The van der Waals surface area contributed by atoms with E-state index in [2.05, 4.69) is 64.1 Å². The zero-order chi connectivity index (χ0) is 15.7. The van der Waals surface area contributed by atoms with Gasteiger partial charge >= 0.3 is 37.7 Å². The van der Waals surface area contributed by atoms with Crippen LogP contribution in [0.4, 0.5) is 0 Å². The van der Waals surface area contributed by atoms with Gasteiger partial charge in [0.2, 0.25) is 0 Å². The molecule has 0 atom stereocenters. The number of nitrogens with zero attached hydrogens (tertiary/aromatic N) is 8. The minimum atomic E-state index is 0. The summed E-state index contributed by atoms with van der Waals surface area (Å²) < 4.78 is 0. The fourth-order valence-electron chi connectivity index (χ4n) is 1.68. The van der Waals surface area contributed by atoms with Crippen molar-refractivity contribution in [2.45, 2.75) is 39.7 Å². The molecule has 108 valence electrons. The molecule has 0 saturated carbocycles. The van der Waals surface area contributed by atoms with Crippen LogP contribution in [0.5, 0.6) is 0 Å². The Morgan fingerprint density at radius 1 is 0.905 bits per heavy atom. The van der Waals surface area contributed by atoms with Gasteiger partial charge in [0.1, 0.15) is 0 Å². The van der Waals surface area contributed by atoms with E-state index in [0.717, 1.165) is 6.42 Å². The molecular formula is C11H22Li2N8. The van der Waals surface area contributed by atoms with Gasteiger partial charge in [0.15, 0.2) is 0 Å². The van der Waals surface area contributed by atoms with Crippen LogP contribution in [0, 0.1) is 5.41 Å². The van der Waals surface area contributed by atoms with Gasteiger partial charge in [-0.25, -0.2) is 5.01 Å². The molecule has 1 heterocycles. The summed E-state index contributed by atoms with van der Waals surface area (Å²) in [5.74, 6) is 0. The maximum absolute atomic E-state index is 6.75. The number of allylic oxidation sites excluding steroid dienone is 1. The van der Waals surface area contributed by atoms with Crippen molar-refractivity contribution >= 4 is 0 Å². The third-order valence-corrected chi connectivity index (χ3v) is 3.89. The Hall–Kier alpha value is -0.685. The van der Waals surface area contributed by atoms with Gasteiger partial charge in [-0.1, -0.05) is 19.9 Å². The Kier molecular flexibility index (Phi) is 17.6. The third kappa shape index (κ3) is 9.04. The normalized spacial score (nSPS) is 17.7. The molecule has 0 aromatic carbocycles. The molecule has 0 amide bonds. The summed E-state index contributed by atoms with van der Waals surface area (Å²) in [6.45, 7) is 9.26. The first-order valence-corrected chi connectivity index (χ1v) is 5.72. The molecule has 0 unspecified atom stereocenters. The van der Waals surface area contributed by atoms with Crippen molar-refractivity contribution in [1.82, 2.24) is 10.0 Å². The molecule has 0 aromatic rings. The van der Waals surface area contributed by atoms with E-state index in [1.807, 2.05) is 0 Å². The van der Waals surface area contributed by atoms with Crippen molar-refractivity contribution in [3.8, 4) is 0 Å². The first-order valence-electron chi connectivity index (χ1n) is 5.72. The molecule has 0 fully saturated rings. The van der Waals surface area contributed by atoms with Crippen molar-refractivity contribution in [2.75, 3.05) is 14.1 Å². The van der Waals surface area contributed by atoms with E-state index in [1.54, 1.807) is 0 Å². The average molecular weight is 280 g/mol. The monoisotopic (exact) mass is 280 g/mol. The summed E-state index contributed by atoms with van der Waals surface area (Å²) in [4.78, 5) is 3.00. The van der Waals surface area contributed by atoms with Crippen LogP contribution in [0.1, 0.15) is 34.1 Å². The summed E-state index contributed by atoms with van der Waals surface area (Å²) in [5.41, 5.74) is 27.5. The summed E-state index contributed by atoms with van der Waals surface area (Å²) in [6, 6.07) is 0. The average Bonchev–Trinajstić information content (AvgIpc) is 2.34. The van der Waals surface area contributed by atoms with Gasteiger partial charge in [0.25, 0.3) is 0 Å². The summed E-state index contributed by atoms with van der Waals surface area (Å²) in [7, 11) is 4.25. The van der Waals surface area contributed by atoms with E-state index < -0.39 is 0 Å². The fourth-order valence-corrected chi connectivity index (χ4v) is 1.68. The van der Waals surface area contributed by atoms with Gasteiger partial charge in [-0.2, -0.15) is 0 Å². The van der Waals surface area contributed by atoms with E-state index in [4.69, 9.17) is 22.1 Å². The predicted molar refractivity (Wildman–Crippen MR) is 77.3 cm³/mol.